The van der Waals surface area contributed by atoms with Crippen LogP contribution < -0.4 is 0 Å². The van der Waals surface area contributed by atoms with Crippen molar-refractivity contribution in [2.24, 2.45) is 0 Å². The normalized spacial score (nSPS) is 11.2. The second kappa shape index (κ2) is 5.27. The number of carbonyl (C=O) groups excluding carboxylic acids is 1. The minimum Gasteiger partial charge on any atom is -0.465 e. The first kappa shape index (κ1) is 11.6. The van der Waals surface area contributed by atoms with Crippen LogP contribution in [0.4, 0.5) is 0 Å². The molecule has 0 aliphatic carbocycles. The standard InChI is InChI=1S/C5H11O6P/c6-2-1-3-11-5(7)4-12(8,9)10/h6H,1-4H2,(H2,8,9,10). The van der Waals surface area contributed by atoms with Gasteiger partial charge in [-0.05, 0) is 0 Å². The van der Waals surface area contributed by atoms with Gasteiger partial charge < -0.3 is 19.6 Å². The molecule has 0 heterocycles. The maximum atomic E-state index is 10.5. The van der Waals surface area contributed by atoms with E-state index in [1.807, 2.05) is 0 Å². The molecule has 0 aliphatic rings. The van der Waals surface area contributed by atoms with Gasteiger partial charge in [0.1, 0.15) is 6.16 Å². The first-order chi connectivity index (χ1) is 5.45. The number of carbonyl (C=O) groups is 1. The smallest absolute Gasteiger partial charge is 0.336 e. The summed E-state index contributed by atoms with van der Waals surface area (Å²) in [5, 5.41) is 8.27. The van der Waals surface area contributed by atoms with Gasteiger partial charge in [-0.2, -0.15) is 0 Å². The molecule has 0 radical (unpaired) electrons. The van der Waals surface area contributed by atoms with E-state index < -0.39 is 19.7 Å². The molecule has 6 nitrogen and oxygen atoms in total. The van der Waals surface area contributed by atoms with Gasteiger partial charge in [-0.3, -0.25) is 9.36 Å². The Balaban J connectivity index is 3.54. The zero-order valence-corrected chi connectivity index (χ0v) is 7.24. The van der Waals surface area contributed by atoms with Gasteiger partial charge in [0.15, 0.2) is 0 Å². The molecule has 0 unspecified atom stereocenters. The van der Waals surface area contributed by atoms with Crippen LogP contribution in [0.5, 0.6) is 0 Å². The van der Waals surface area contributed by atoms with Gasteiger partial charge in [-0.1, -0.05) is 0 Å². The lowest BCUT2D eigenvalue weighted by molar-refractivity contribution is -0.141. The van der Waals surface area contributed by atoms with E-state index >= 15 is 0 Å². The minimum absolute atomic E-state index is 0.0185. The topological polar surface area (TPSA) is 104 Å². The average molecular weight is 198 g/mol. The Labute approximate surface area is 69.3 Å². The Hall–Kier alpha value is -0.420. The quantitative estimate of drug-likeness (QED) is 0.300. The van der Waals surface area contributed by atoms with Gasteiger partial charge in [-0.25, -0.2) is 0 Å². The predicted octanol–water partition coefficient (Wildman–Crippen LogP) is -0.910. The van der Waals surface area contributed by atoms with Gasteiger partial charge in [0, 0.05) is 13.0 Å². The predicted molar refractivity (Wildman–Crippen MR) is 39.6 cm³/mol. The summed E-state index contributed by atoms with van der Waals surface area (Å²) in [4.78, 5) is 27.1. The number of hydrogen-bond donors (Lipinski definition) is 3. The van der Waals surface area contributed by atoms with E-state index in [2.05, 4.69) is 4.74 Å². The minimum atomic E-state index is -4.31. The van der Waals surface area contributed by atoms with Crippen LogP contribution in [-0.2, 0) is 14.1 Å². The lowest BCUT2D eigenvalue weighted by atomic mass is 10.5. The molecule has 0 atom stereocenters. The molecule has 0 fully saturated rings. The van der Waals surface area contributed by atoms with E-state index in [1.54, 1.807) is 0 Å². The van der Waals surface area contributed by atoms with Crippen molar-refractivity contribution in [1.29, 1.82) is 0 Å². The van der Waals surface area contributed by atoms with E-state index in [0.29, 0.717) is 0 Å². The Kier molecular flexibility index (Phi) is 5.08. The Morgan fingerprint density at radius 1 is 1.42 bits per heavy atom. The fourth-order valence-corrected chi connectivity index (χ4v) is 0.892. The fraction of sp³-hybridized carbons (Fsp3) is 0.800. The molecule has 0 aromatic heterocycles. The lowest BCUT2D eigenvalue weighted by Gasteiger charge is -2.04. The van der Waals surface area contributed by atoms with E-state index in [1.165, 1.54) is 0 Å². The molecule has 0 rings (SSSR count). The summed E-state index contributed by atoms with van der Waals surface area (Å²) in [5.74, 6) is -0.947. The fourth-order valence-electron chi connectivity index (χ4n) is 0.464. The number of hydrogen-bond acceptors (Lipinski definition) is 4. The highest BCUT2D eigenvalue weighted by molar-refractivity contribution is 7.52. The van der Waals surface area contributed by atoms with Crippen molar-refractivity contribution in [3.63, 3.8) is 0 Å². The second-order valence-electron chi connectivity index (χ2n) is 2.12. The van der Waals surface area contributed by atoms with Crippen molar-refractivity contribution in [3.05, 3.63) is 0 Å². The number of aliphatic hydroxyl groups is 1. The van der Waals surface area contributed by atoms with Crippen LogP contribution in [-0.4, -0.2) is 40.2 Å². The average Bonchev–Trinajstić information content (AvgIpc) is 1.84. The van der Waals surface area contributed by atoms with Crippen LogP contribution in [0.25, 0.3) is 0 Å². The molecule has 0 bridgehead atoms. The molecule has 0 aliphatic heterocycles. The second-order valence-corrected chi connectivity index (χ2v) is 3.77. The third-order valence-electron chi connectivity index (χ3n) is 0.901. The summed E-state index contributed by atoms with van der Waals surface area (Å²) in [6, 6.07) is 0. The zero-order chi connectivity index (χ0) is 9.61. The zero-order valence-electron chi connectivity index (χ0n) is 6.34. The summed E-state index contributed by atoms with van der Waals surface area (Å²) >= 11 is 0. The molecule has 0 saturated carbocycles. The summed E-state index contributed by atoms with van der Waals surface area (Å²) in [6.45, 7) is -0.140. The first-order valence-electron chi connectivity index (χ1n) is 3.27. The highest BCUT2D eigenvalue weighted by Gasteiger charge is 2.19. The highest BCUT2D eigenvalue weighted by Crippen LogP contribution is 2.33. The first-order valence-corrected chi connectivity index (χ1v) is 5.06. The van der Waals surface area contributed by atoms with Gasteiger partial charge in [0.05, 0.1) is 6.61 Å². The molecule has 0 aromatic carbocycles. The number of ether oxygens (including phenoxy) is 1. The van der Waals surface area contributed by atoms with Crippen molar-refractivity contribution in [1.82, 2.24) is 0 Å². The highest BCUT2D eigenvalue weighted by atomic mass is 31.2. The number of esters is 1. The van der Waals surface area contributed by atoms with Crippen LogP contribution in [0.1, 0.15) is 6.42 Å². The molecule has 12 heavy (non-hydrogen) atoms. The van der Waals surface area contributed by atoms with Crippen molar-refractivity contribution in [2.45, 2.75) is 6.42 Å². The molecule has 72 valence electrons. The Morgan fingerprint density at radius 3 is 2.42 bits per heavy atom. The molecule has 3 N–H and O–H groups in total. The van der Waals surface area contributed by atoms with E-state index in [4.69, 9.17) is 14.9 Å². The summed E-state index contributed by atoms with van der Waals surface area (Å²) in [5.41, 5.74) is 0. The van der Waals surface area contributed by atoms with E-state index in [0.717, 1.165) is 0 Å². The van der Waals surface area contributed by atoms with Gasteiger partial charge in [0.25, 0.3) is 0 Å². The third-order valence-corrected chi connectivity index (χ3v) is 1.57. The summed E-state index contributed by atoms with van der Waals surface area (Å²) in [7, 11) is -4.31. The van der Waals surface area contributed by atoms with Crippen molar-refractivity contribution < 1.29 is 29.0 Å². The van der Waals surface area contributed by atoms with Crippen LogP contribution in [0, 0.1) is 0 Å². The monoisotopic (exact) mass is 198 g/mol. The molecular weight excluding hydrogens is 187 g/mol. The largest absolute Gasteiger partial charge is 0.465 e. The number of rotatable bonds is 5. The molecule has 0 amide bonds. The van der Waals surface area contributed by atoms with E-state index in [-0.39, 0.29) is 19.6 Å². The molecule has 0 aromatic rings. The number of aliphatic hydroxyl groups excluding tert-OH is 1. The van der Waals surface area contributed by atoms with Crippen LogP contribution in [0.3, 0.4) is 0 Å². The SMILES string of the molecule is O=C(CP(=O)(O)O)OCCCO. The molecule has 0 saturated heterocycles. The summed E-state index contributed by atoms with van der Waals surface area (Å²) in [6.07, 6.45) is -0.634. The van der Waals surface area contributed by atoms with Crippen molar-refractivity contribution in [3.8, 4) is 0 Å². The maximum Gasteiger partial charge on any atom is 0.336 e. The van der Waals surface area contributed by atoms with Crippen LogP contribution in [0.15, 0.2) is 0 Å². The van der Waals surface area contributed by atoms with Crippen LogP contribution in [0.2, 0.25) is 0 Å². The van der Waals surface area contributed by atoms with E-state index in [9.17, 15) is 9.36 Å². The van der Waals surface area contributed by atoms with Gasteiger partial charge in [-0.15, -0.1) is 0 Å². The third kappa shape index (κ3) is 7.68. The molecule has 7 heteroatoms. The summed E-state index contributed by atoms with van der Waals surface area (Å²) < 4.78 is 14.6. The molecular formula is C5H11O6P. The van der Waals surface area contributed by atoms with Gasteiger partial charge in [0.2, 0.25) is 0 Å². The van der Waals surface area contributed by atoms with Crippen LogP contribution >= 0.6 is 7.60 Å². The molecule has 0 spiro atoms. The van der Waals surface area contributed by atoms with Crippen molar-refractivity contribution >= 4 is 13.6 Å². The van der Waals surface area contributed by atoms with Crippen molar-refractivity contribution in [2.75, 3.05) is 19.4 Å². The Morgan fingerprint density at radius 2 is 2.00 bits per heavy atom. The maximum absolute atomic E-state index is 10.5. The Bertz CT molecular complexity index is 184. The van der Waals surface area contributed by atoms with Gasteiger partial charge >= 0.3 is 13.6 Å². The lowest BCUT2D eigenvalue weighted by Crippen LogP contribution is -2.11.